The summed E-state index contributed by atoms with van der Waals surface area (Å²) in [7, 11) is 0. The highest BCUT2D eigenvalue weighted by molar-refractivity contribution is 5.80. The highest BCUT2D eigenvalue weighted by Crippen LogP contribution is 2.07. The fourth-order valence-corrected chi connectivity index (χ4v) is 2.19. The number of rotatable bonds is 7. The van der Waals surface area contributed by atoms with Gasteiger partial charge in [-0.15, -0.1) is 0 Å². The van der Waals surface area contributed by atoms with Gasteiger partial charge in [-0.05, 0) is 25.3 Å². The van der Waals surface area contributed by atoms with Crippen molar-refractivity contribution in [3.8, 4) is 0 Å². The number of ketones is 1. The molecular formula is C16H20N2O. The zero-order valence-corrected chi connectivity index (χ0v) is 11.4. The largest absolute Gasteiger partial charge is 0.335 e. The average Bonchev–Trinajstić information content (AvgIpc) is 2.87. The Morgan fingerprint density at radius 2 is 2.05 bits per heavy atom. The van der Waals surface area contributed by atoms with E-state index >= 15 is 0 Å². The summed E-state index contributed by atoms with van der Waals surface area (Å²) in [5.41, 5.74) is 1.30. The van der Waals surface area contributed by atoms with Gasteiger partial charge < -0.3 is 4.57 Å². The van der Waals surface area contributed by atoms with Crippen LogP contribution in [0.3, 0.4) is 0 Å². The minimum Gasteiger partial charge on any atom is -0.335 e. The molecule has 2 aromatic rings. The van der Waals surface area contributed by atoms with Gasteiger partial charge in [-0.1, -0.05) is 30.3 Å². The zero-order chi connectivity index (χ0) is 13.5. The SMILES string of the molecule is CCn1ccnc1CC(=O)CCCc1ccccc1. The Bertz CT molecular complexity index is 517. The highest BCUT2D eigenvalue weighted by Gasteiger charge is 2.08. The Morgan fingerprint density at radius 3 is 2.79 bits per heavy atom. The average molecular weight is 256 g/mol. The first-order valence-electron chi connectivity index (χ1n) is 6.85. The van der Waals surface area contributed by atoms with Crippen LogP contribution in [0.25, 0.3) is 0 Å². The van der Waals surface area contributed by atoms with E-state index in [1.54, 1.807) is 6.20 Å². The van der Waals surface area contributed by atoms with Gasteiger partial charge in [0.1, 0.15) is 11.6 Å². The zero-order valence-electron chi connectivity index (χ0n) is 11.4. The first kappa shape index (κ1) is 13.5. The lowest BCUT2D eigenvalue weighted by atomic mass is 10.1. The molecule has 3 heteroatoms. The minimum absolute atomic E-state index is 0.275. The van der Waals surface area contributed by atoms with Gasteiger partial charge in [0.15, 0.2) is 0 Å². The van der Waals surface area contributed by atoms with Crippen molar-refractivity contribution in [3.63, 3.8) is 0 Å². The molecule has 3 nitrogen and oxygen atoms in total. The van der Waals surface area contributed by atoms with Crippen LogP contribution in [0.15, 0.2) is 42.7 Å². The molecule has 0 bridgehead atoms. The molecule has 0 unspecified atom stereocenters. The second-order valence-electron chi connectivity index (χ2n) is 4.68. The molecule has 19 heavy (non-hydrogen) atoms. The van der Waals surface area contributed by atoms with Crippen molar-refractivity contribution in [1.29, 1.82) is 0 Å². The first-order chi connectivity index (χ1) is 9.29. The van der Waals surface area contributed by atoms with E-state index in [0.29, 0.717) is 12.8 Å². The Balaban J connectivity index is 1.76. The molecule has 0 saturated carbocycles. The van der Waals surface area contributed by atoms with Crippen LogP contribution in [0.5, 0.6) is 0 Å². The van der Waals surface area contributed by atoms with Gasteiger partial charge in [-0.25, -0.2) is 4.98 Å². The molecule has 1 aromatic heterocycles. The molecule has 0 amide bonds. The van der Waals surface area contributed by atoms with Crippen LogP contribution >= 0.6 is 0 Å². The molecular weight excluding hydrogens is 236 g/mol. The van der Waals surface area contributed by atoms with Crippen molar-refractivity contribution in [2.45, 2.75) is 39.2 Å². The topological polar surface area (TPSA) is 34.9 Å². The molecule has 0 aliphatic carbocycles. The number of carbonyl (C=O) groups excluding carboxylic acids is 1. The monoisotopic (exact) mass is 256 g/mol. The van der Waals surface area contributed by atoms with Crippen molar-refractivity contribution in [1.82, 2.24) is 9.55 Å². The molecule has 2 rings (SSSR count). The maximum Gasteiger partial charge on any atom is 0.140 e. The molecule has 0 spiro atoms. The third kappa shape index (κ3) is 4.05. The van der Waals surface area contributed by atoms with Crippen molar-refractivity contribution < 1.29 is 4.79 Å². The molecule has 0 aliphatic heterocycles. The predicted octanol–water partition coefficient (Wildman–Crippen LogP) is 3.04. The Hall–Kier alpha value is -1.90. The van der Waals surface area contributed by atoms with Crippen molar-refractivity contribution in [2.75, 3.05) is 0 Å². The number of carbonyl (C=O) groups is 1. The fourth-order valence-electron chi connectivity index (χ4n) is 2.19. The maximum atomic E-state index is 11.9. The van der Waals surface area contributed by atoms with Crippen LogP contribution < -0.4 is 0 Å². The predicted molar refractivity (Wildman–Crippen MR) is 76.0 cm³/mol. The van der Waals surface area contributed by atoms with Crippen LogP contribution in [0.4, 0.5) is 0 Å². The molecule has 0 atom stereocenters. The summed E-state index contributed by atoms with van der Waals surface area (Å²) in [6, 6.07) is 10.3. The lowest BCUT2D eigenvalue weighted by Crippen LogP contribution is -2.09. The molecule has 1 heterocycles. The number of imidazole rings is 1. The standard InChI is InChI=1S/C16H20N2O/c1-2-18-12-11-17-16(18)13-15(19)10-6-9-14-7-4-3-5-8-14/h3-5,7-8,11-12H,2,6,9-10,13H2,1H3. The maximum absolute atomic E-state index is 11.9. The van der Waals surface area contributed by atoms with Crippen LogP contribution in [-0.4, -0.2) is 15.3 Å². The highest BCUT2D eigenvalue weighted by atomic mass is 16.1. The van der Waals surface area contributed by atoms with Gasteiger partial charge in [0.05, 0.1) is 6.42 Å². The van der Waals surface area contributed by atoms with E-state index in [0.717, 1.165) is 25.2 Å². The van der Waals surface area contributed by atoms with Gasteiger partial charge in [0, 0.05) is 25.4 Å². The lowest BCUT2D eigenvalue weighted by Gasteiger charge is -2.04. The molecule has 0 N–H and O–H groups in total. The Labute approximate surface area is 114 Å². The number of nitrogens with zero attached hydrogens (tertiary/aromatic N) is 2. The normalized spacial score (nSPS) is 10.6. The lowest BCUT2D eigenvalue weighted by molar-refractivity contribution is -0.118. The first-order valence-corrected chi connectivity index (χ1v) is 6.85. The second kappa shape index (κ2) is 6.88. The Morgan fingerprint density at radius 1 is 1.26 bits per heavy atom. The van der Waals surface area contributed by atoms with E-state index in [4.69, 9.17) is 0 Å². The minimum atomic E-state index is 0.275. The molecule has 0 saturated heterocycles. The summed E-state index contributed by atoms with van der Waals surface area (Å²) in [4.78, 5) is 16.2. The quantitative estimate of drug-likeness (QED) is 0.763. The van der Waals surface area contributed by atoms with Crippen LogP contribution in [0, 0.1) is 0 Å². The number of benzene rings is 1. The number of aryl methyl sites for hydroxylation is 2. The summed E-state index contributed by atoms with van der Waals surface area (Å²) in [5, 5.41) is 0. The summed E-state index contributed by atoms with van der Waals surface area (Å²) < 4.78 is 2.02. The fraction of sp³-hybridized carbons (Fsp3) is 0.375. The van der Waals surface area contributed by atoms with E-state index in [1.165, 1.54) is 5.56 Å². The van der Waals surface area contributed by atoms with Gasteiger partial charge in [-0.2, -0.15) is 0 Å². The van der Waals surface area contributed by atoms with Crippen molar-refractivity contribution in [3.05, 3.63) is 54.1 Å². The van der Waals surface area contributed by atoms with Crippen LogP contribution in [0.2, 0.25) is 0 Å². The van der Waals surface area contributed by atoms with Crippen molar-refractivity contribution >= 4 is 5.78 Å². The van der Waals surface area contributed by atoms with Gasteiger partial charge in [-0.3, -0.25) is 4.79 Å². The third-order valence-corrected chi connectivity index (χ3v) is 3.26. The summed E-state index contributed by atoms with van der Waals surface area (Å²) in [5.74, 6) is 1.16. The summed E-state index contributed by atoms with van der Waals surface area (Å²) >= 11 is 0. The van der Waals surface area contributed by atoms with E-state index in [2.05, 4.69) is 24.0 Å². The molecule has 0 aliphatic rings. The molecule has 100 valence electrons. The number of aromatic nitrogens is 2. The number of hydrogen-bond donors (Lipinski definition) is 0. The molecule has 0 fully saturated rings. The van der Waals surface area contributed by atoms with Gasteiger partial charge >= 0.3 is 0 Å². The number of hydrogen-bond acceptors (Lipinski definition) is 2. The second-order valence-corrected chi connectivity index (χ2v) is 4.68. The molecule has 1 aromatic carbocycles. The van der Waals surface area contributed by atoms with Gasteiger partial charge in [0.2, 0.25) is 0 Å². The van der Waals surface area contributed by atoms with Crippen LogP contribution in [0.1, 0.15) is 31.2 Å². The van der Waals surface area contributed by atoms with E-state index in [9.17, 15) is 4.79 Å². The van der Waals surface area contributed by atoms with E-state index in [1.807, 2.05) is 29.0 Å². The van der Waals surface area contributed by atoms with Crippen molar-refractivity contribution in [2.24, 2.45) is 0 Å². The third-order valence-electron chi connectivity index (χ3n) is 3.26. The summed E-state index contributed by atoms with van der Waals surface area (Å²) in [6.45, 7) is 2.93. The smallest absolute Gasteiger partial charge is 0.140 e. The van der Waals surface area contributed by atoms with E-state index < -0.39 is 0 Å². The Kier molecular flexibility index (Phi) is 4.90. The van der Waals surface area contributed by atoms with Gasteiger partial charge in [0.25, 0.3) is 0 Å². The van der Waals surface area contributed by atoms with Crippen LogP contribution in [-0.2, 0) is 24.2 Å². The molecule has 0 radical (unpaired) electrons. The van der Waals surface area contributed by atoms with E-state index in [-0.39, 0.29) is 5.78 Å². The summed E-state index contributed by atoms with van der Waals surface area (Å²) in [6.07, 6.45) is 6.65. The number of Topliss-reactive ketones (excluding diaryl/α,β-unsaturated/α-hetero) is 1.